The Balaban J connectivity index is 1.65. The molecule has 3 aromatic carbocycles. The van der Waals surface area contributed by atoms with Gasteiger partial charge >= 0.3 is 6.16 Å². The second kappa shape index (κ2) is 9.04. The summed E-state index contributed by atoms with van der Waals surface area (Å²) in [6.45, 7) is 5.04. The summed E-state index contributed by atoms with van der Waals surface area (Å²) in [5, 5.41) is 8.99. The number of rotatable bonds is 7. The minimum Gasteiger partial charge on any atom is -0.449 e. The third kappa shape index (κ3) is 4.61. The maximum Gasteiger partial charge on any atom is 0.511 e. The van der Waals surface area contributed by atoms with E-state index in [-0.39, 0.29) is 0 Å². The molecular weight excluding hydrogens is 388 g/mol. The summed E-state index contributed by atoms with van der Waals surface area (Å²) in [5.74, 6) is 1.45. The second-order valence-corrected chi connectivity index (χ2v) is 7.77. The van der Waals surface area contributed by atoms with Crippen LogP contribution < -0.4 is 4.74 Å². The van der Waals surface area contributed by atoms with Crippen molar-refractivity contribution < 1.29 is 14.6 Å². The number of hydrogen-bond acceptors (Lipinski definition) is 3. The number of ether oxygens (including phenoxy) is 1. The van der Waals surface area contributed by atoms with Crippen molar-refractivity contribution >= 4 is 17.2 Å². The Kier molecular flexibility index (Phi) is 6.03. The minimum atomic E-state index is -1.31. The molecule has 5 heteroatoms. The van der Waals surface area contributed by atoms with Gasteiger partial charge in [0, 0.05) is 18.5 Å². The fourth-order valence-corrected chi connectivity index (χ4v) is 3.85. The molecule has 0 bridgehead atoms. The first-order valence-corrected chi connectivity index (χ1v) is 10.6. The van der Waals surface area contributed by atoms with Gasteiger partial charge in [-0.05, 0) is 48.2 Å². The fraction of sp³-hybridized carbons (Fsp3) is 0.231. The van der Waals surface area contributed by atoms with Gasteiger partial charge in [0.1, 0.15) is 11.6 Å². The van der Waals surface area contributed by atoms with Gasteiger partial charge in [-0.25, -0.2) is 9.78 Å². The van der Waals surface area contributed by atoms with Crippen molar-refractivity contribution in [2.45, 2.75) is 39.7 Å². The van der Waals surface area contributed by atoms with Crippen LogP contribution in [0, 0.1) is 6.92 Å². The van der Waals surface area contributed by atoms with Gasteiger partial charge in [-0.2, -0.15) is 0 Å². The monoisotopic (exact) mass is 414 g/mol. The van der Waals surface area contributed by atoms with Gasteiger partial charge in [0.2, 0.25) is 0 Å². The molecule has 0 saturated heterocycles. The molecule has 4 rings (SSSR count). The number of hydrogen-bond donors (Lipinski definition) is 1. The molecule has 4 aromatic rings. The molecule has 0 radical (unpaired) electrons. The van der Waals surface area contributed by atoms with Gasteiger partial charge < -0.3 is 14.4 Å². The molecule has 0 amide bonds. The van der Waals surface area contributed by atoms with Gasteiger partial charge in [-0.3, -0.25) is 0 Å². The van der Waals surface area contributed by atoms with Gasteiger partial charge in [0.15, 0.2) is 0 Å². The number of imidazole rings is 1. The number of aryl methyl sites for hydroxylation is 2. The highest BCUT2D eigenvalue weighted by Crippen LogP contribution is 2.30. The Morgan fingerprint density at radius 1 is 1.06 bits per heavy atom. The van der Waals surface area contributed by atoms with Crippen molar-refractivity contribution in [2.24, 2.45) is 0 Å². The first kappa shape index (κ1) is 20.7. The lowest BCUT2D eigenvalue weighted by Crippen LogP contribution is -2.06. The summed E-state index contributed by atoms with van der Waals surface area (Å²) in [7, 11) is 0. The molecule has 31 heavy (non-hydrogen) atoms. The van der Waals surface area contributed by atoms with E-state index in [1.807, 2.05) is 24.3 Å². The maximum atomic E-state index is 11.0. The topological polar surface area (TPSA) is 64.4 Å². The Bertz CT molecular complexity index is 1210. The molecule has 0 aliphatic rings. The summed E-state index contributed by atoms with van der Waals surface area (Å²) >= 11 is 0. The van der Waals surface area contributed by atoms with Crippen LogP contribution in [0.25, 0.3) is 22.2 Å². The summed E-state index contributed by atoms with van der Waals surface area (Å²) in [6.07, 6.45) is 1.89. The van der Waals surface area contributed by atoms with Crippen molar-refractivity contribution in [1.29, 1.82) is 0 Å². The van der Waals surface area contributed by atoms with E-state index in [9.17, 15) is 4.79 Å². The Morgan fingerprint density at radius 3 is 2.58 bits per heavy atom. The van der Waals surface area contributed by atoms with E-state index in [4.69, 9.17) is 14.8 Å². The van der Waals surface area contributed by atoms with Crippen LogP contribution in [0.4, 0.5) is 4.79 Å². The molecule has 0 saturated carbocycles. The first-order chi connectivity index (χ1) is 15.0. The third-order valence-electron chi connectivity index (χ3n) is 5.43. The van der Waals surface area contributed by atoms with Crippen molar-refractivity contribution in [3.05, 3.63) is 83.7 Å². The lowest BCUT2D eigenvalue weighted by molar-refractivity contribution is 0.144. The molecule has 0 aliphatic carbocycles. The molecule has 5 nitrogen and oxygen atoms in total. The normalized spacial score (nSPS) is 11.0. The summed E-state index contributed by atoms with van der Waals surface area (Å²) < 4.78 is 7.25. The van der Waals surface area contributed by atoms with Crippen molar-refractivity contribution in [3.8, 4) is 16.9 Å². The zero-order valence-electron chi connectivity index (χ0n) is 17.8. The predicted molar refractivity (Wildman–Crippen MR) is 123 cm³/mol. The number of nitrogens with zero attached hydrogens (tertiary/aromatic N) is 2. The van der Waals surface area contributed by atoms with Crippen LogP contribution in [-0.4, -0.2) is 20.8 Å². The Hall–Kier alpha value is -3.60. The molecule has 1 heterocycles. The van der Waals surface area contributed by atoms with E-state index in [0.29, 0.717) is 5.75 Å². The van der Waals surface area contributed by atoms with Gasteiger partial charge in [-0.1, -0.05) is 61.9 Å². The number of carbonyl (C=O) groups is 1. The molecular formula is C26H26N2O3. The van der Waals surface area contributed by atoms with Gasteiger partial charge in [0.05, 0.1) is 11.0 Å². The average molecular weight is 415 g/mol. The Morgan fingerprint density at radius 2 is 1.84 bits per heavy atom. The summed E-state index contributed by atoms with van der Waals surface area (Å²) in [5.41, 5.74) is 6.25. The van der Waals surface area contributed by atoms with Crippen molar-refractivity contribution in [1.82, 2.24) is 9.55 Å². The number of unbranched alkanes of at least 4 members (excludes halogenated alkanes) is 1. The molecule has 158 valence electrons. The first-order valence-electron chi connectivity index (χ1n) is 10.6. The number of fused-ring (bicyclic) bond motifs is 1. The smallest absolute Gasteiger partial charge is 0.449 e. The quantitative estimate of drug-likeness (QED) is 0.278. The van der Waals surface area contributed by atoms with Crippen LogP contribution >= 0.6 is 0 Å². The highest BCUT2D eigenvalue weighted by atomic mass is 16.7. The zero-order chi connectivity index (χ0) is 21.8. The lowest BCUT2D eigenvalue weighted by atomic mass is 10.0. The molecule has 0 unspecified atom stereocenters. The van der Waals surface area contributed by atoms with E-state index >= 15 is 0 Å². The van der Waals surface area contributed by atoms with E-state index in [1.165, 1.54) is 11.1 Å². The van der Waals surface area contributed by atoms with Crippen molar-refractivity contribution in [3.63, 3.8) is 0 Å². The predicted octanol–water partition coefficient (Wildman–Crippen LogP) is 6.46. The molecule has 0 fully saturated rings. The standard InChI is InChI=1S/C26H26N2O3/c1-3-4-9-25-27-22-15-10-18(2)16-23(22)28(25)17-19-11-13-20(14-12-19)21-7-5-6-8-24(21)31-26(29)30/h5-8,10-16H,3-4,9,17H2,1-2H3,(H,29,30). The highest BCUT2D eigenvalue weighted by Gasteiger charge is 2.13. The van der Waals surface area contributed by atoms with Gasteiger partial charge in [0.25, 0.3) is 0 Å². The number of benzene rings is 3. The van der Waals surface area contributed by atoms with Gasteiger partial charge in [-0.15, -0.1) is 0 Å². The summed E-state index contributed by atoms with van der Waals surface area (Å²) in [6, 6.07) is 21.7. The van der Waals surface area contributed by atoms with E-state index in [2.05, 4.69) is 48.7 Å². The van der Waals surface area contributed by atoms with Crippen LogP contribution in [0.5, 0.6) is 5.75 Å². The van der Waals surface area contributed by atoms with E-state index in [0.717, 1.165) is 53.8 Å². The zero-order valence-corrected chi connectivity index (χ0v) is 17.8. The second-order valence-electron chi connectivity index (χ2n) is 7.77. The number of carboxylic acid groups (broad SMARTS) is 1. The highest BCUT2D eigenvalue weighted by molar-refractivity contribution is 5.77. The molecule has 1 N–H and O–H groups in total. The van der Waals surface area contributed by atoms with Crippen LogP contribution in [-0.2, 0) is 13.0 Å². The molecule has 1 aromatic heterocycles. The van der Waals surface area contributed by atoms with E-state index in [1.54, 1.807) is 12.1 Å². The van der Waals surface area contributed by atoms with Crippen LogP contribution in [0.2, 0.25) is 0 Å². The number of para-hydroxylation sites is 1. The van der Waals surface area contributed by atoms with Crippen LogP contribution in [0.3, 0.4) is 0 Å². The SMILES string of the molecule is CCCCc1nc2ccc(C)cc2n1Cc1ccc(-c2ccccc2OC(=O)O)cc1. The fourth-order valence-electron chi connectivity index (χ4n) is 3.85. The third-order valence-corrected chi connectivity index (χ3v) is 5.43. The Labute approximate surface area is 181 Å². The summed E-state index contributed by atoms with van der Waals surface area (Å²) in [4.78, 5) is 15.9. The molecule has 0 spiro atoms. The molecule has 0 aliphatic heterocycles. The van der Waals surface area contributed by atoms with Crippen LogP contribution in [0.15, 0.2) is 66.7 Å². The number of aromatic nitrogens is 2. The largest absolute Gasteiger partial charge is 0.511 e. The van der Waals surface area contributed by atoms with Crippen molar-refractivity contribution in [2.75, 3.05) is 0 Å². The average Bonchev–Trinajstić information content (AvgIpc) is 3.09. The van der Waals surface area contributed by atoms with Crippen LogP contribution in [0.1, 0.15) is 36.7 Å². The molecule has 0 atom stereocenters. The lowest BCUT2D eigenvalue weighted by Gasteiger charge is -2.12. The van der Waals surface area contributed by atoms with E-state index < -0.39 is 6.16 Å². The minimum absolute atomic E-state index is 0.334. The maximum absolute atomic E-state index is 11.0.